The lowest BCUT2D eigenvalue weighted by Gasteiger charge is -2.06. The highest BCUT2D eigenvalue weighted by molar-refractivity contribution is 6.35. The minimum Gasteiger partial charge on any atom is -0.454 e. The molecule has 3 aromatic carbocycles. The summed E-state index contributed by atoms with van der Waals surface area (Å²) < 4.78 is 15.8. The largest absolute Gasteiger partial charge is 0.454 e. The minimum absolute atomic E-state index is 0.127. The van der Waals surface area contributed by atoms with Crippen molar-refractivity contribution in [1.29, 1.82) is 0 Å². The van der Waals surface area contributed by atoms with E-state index in [2.05, 4.69) is 0 Å². The van der Waals surface area contributed by atoms with E-state index in [0.29, 0.717) is 44.0 Å². The Hall–Kier alpha value is -3.28. The molecule has 1 aliphatic heterocycles. The zero-order valence-corrected chi connectivity index (χ0v) is 16.9. The summed E-state index contributed by atoms with van der Waals surface area (Å²) in [5, 5.41) is 0.978. The van der Waals surface area contributed by atoms with Crippen LogP contribution < -0.4 is 14.2 Å². The molecule has 0 unspecified atom stereocenters. The summed E-state index contributed by atoms with van der Waals surface area (Å²) in [6.45, 7) is 0.127. The molecule has 0 saturated heterocycles. The van der Waals surface area contributed by atoms with E-state index in [1.165, 1.54) is 6.08 Å². The average Bonchev–Trinajstić information content (AvgIpc) is 3.21. The molecule has 0 amide bonds. The van der Waals surface area contributed by atoms with E-state index in [-0.39, 0.29) is 12.6 Å². The zero-order valence-electron chi connectivity index (χ0n) is 15.4. The van der Waals surface area contributed by atoms with Gasteiger partial charge in [0, 0.05) is 15.6 Å². The molecule has 0 N–H and O–H groups in total. The molecule has 30 heavy (non-hydrogen) atoms. The van der Waals surface area contributed by atoms with Crippen molar-refractivity contribution in [3.63, 3.8) is 0 Å². The van der Waals surface area contributed by atoms with Crippen LogP contribution in [0.5, 0.6) is 17.2 Å². The van der Waals surface area contributed by atoms with Crippen molar-refractivity contribution in [1.82, 2.24) is 0 Å². The number of halogens is 2. The first kappa shape index (κ1) is 20.0. The van der Waals surface area contributed by atoms with Gasteiger partial charge in [0.15, 0.2) is 17.3 Å². The van der Waals surface area contributed by atoms with Crippen LogP contribution in [0, 0.1) is 0 Å². The standard InChI is InChI=1S/C23H14Cl2O5/c24-17-6-1-14(19(25)12-17)4-9-20(26)15-2-7-18(8-3-15)30-23(27)16-5-10-21-22(11-16)29-13-28-21/h1-12H,13H2/b9-4+. The van der Waals surface area contributed by atoms with Gasteiger partial charge in [0.05, 0.1) is 5.56 Å². The molecule has 0 atom stereocenters. The number of hydrogen-bond acceptors (Lipinski definition) is 5. The highest BCUT2D eigenvalue weighted by Gasteiger charge is 2.17. The lowest BCUT2D eigenvalue weighted by molar-refractivity contribution is 0.0734. The maximum Gasteiger partial charge on any atom is 0.343 e. The summed E-state index contributed by atoms with van der Waals surface area (Å²) in [4.78, 5) is 24.7. The van der Waals surface area contributed by atoms with Crippen LogP contribution in [0.15, 0.2) is 66.7 Å². The Morgan fingerprint density at radius 3 is 2.37 bits per heavy atom. The van der Waals surface area contributed by atoms with Crippen LogP contribution in [0.4, 0.5) is 0 Å². The van der Waals surface area contributed by atoms with Gasteiger partial charge in [-0.25, -0.2) is 4.79 Å². The van der Waals surface area contributed by atoms with Gasteiger partial charge in [-0.2, -0.15) is 0 Å². The number of ketones is 1. The molecule has 0 radical (unpaired) electrons. The topological polar surface area (TPSA) is 61.8 Å². The van der Waals surface area contributed by atoms with Crippen LogP contribution in [0.25, 0.3) is 6.08 Å². The third kappa shape index (κ3) is 4.48. The number of carbonyl (C=O) groups is 2. The smallest absolute Gasteiger partial charge is 0.343 e. The lowest BCUT2D eigenvalue weighted by atomic mass is 10.1. The molecular formula is C23H14Cl2O5. The first-order valence-electron chi connectivity index (χ1n) is 8.89. The number of allylic oxidation sites excluding steroid dienone is 1. The fraction of sp³-hybridized carbons (Fsp3) is 0.0435. The normalized spacial score (nSPS) is 12.2. The Morgan fingerprint density at radius 1 is 0.867 bits per heavy atom. The summed E-state index contributed by atoms with van der Waals surface area (Å²) in [7, 11) is 0. The van der Waals surface area contributed by atoms with Gasteiger partial charge in [0.1, 0.15) is 5.75 Å². The van der Waals surface area contributed by atoms with Crippen LogP contribution >= 0.6 is 23.2 Å². The maximum absolute atomic E-state index is 12.4. The highest BCUT2D eigenvalue weighted by atomic mass is 35.5. The van der Waals surface area contributed by atoms with Crippen molar-refractivity contribution in [2.45, 2.75) is 0 Å². The molecule has 1 aliphatic rings. The second kappa shape index (κ2) is 8.61. The van der Waals surface area contributed by atoms with Crippen molar-refractivity contribution in [2.75, 3.05) is 6.79 Å². The molecule has 0 aliphatic carbocycles. The number of rotatable bonds is 5. The van der Waals surface area contributed by atoms with Gasteiger partial charge < -0.3 is 14.2 Å². The number of carbonyl (C=O) groups excluding carboxylic acids is 2. The van der Waals surface area contributed by atoms with E-state index in [9.17, 15) is 9.59 Å². The van der Waals surface area contributed by atoms with E-state index >= 15 is 0 Å². The van der Waals surface area contributed by atoms with Crippen LogP contribution in [-0.4, -0.2) is 18.5 Å². The van der Waals surface area contributed by atoms with E-state index in [0.717, 1.165) is 0 Å². The molecule has 7 heteroatoms. The molecule has 1 heterocycles. The number of fused-ring (bicyclic) bond motifs is 1. The zero-order chi connectivity index (χ0) is 21.1. The van der Waals surface area contributed by atoms with E-state index in [1.807, 2.05) is 0 Å². The van der Waals surface area contributed by atoms with Crippen LogP contribution in [0.1, 0.15) is 26.3 Å². The van der Waals surface area contributed by atoms with Crippen molar-refractivity contribution in [3.8, 4) is 17.2 Å². The number of benzene rings is 3. The molecular weight excluding hydrogens is 427 g/mol. The molecule has 0 saturated carbocycles. The fourth-order valence-electron chi connectivity index (χ4n) is 2.78. The predicted octanol–water partition coefficient (Wildman–Crippen LogP) is 5.84. The molecule has 0 spiro atoms. The van der Waals surface area contributed by atoms with Gasteiger partial charge in [-0.1, -0.05) is 29.3 Å². The molecule has 0 aromatic heterocycles. The number of ether oxygens (including phenoxy) is 3. The second-order valence-electron chi connectivity index (χ2n) is 6.35. The first-order valence-corrected chi connectivity index (χ1v) is 9.64. The molecule has 0 fully saturated rings. The van der Waals surface area contributed by atoms with Gasteiger partial charge in [0.2, 0.25) is 6.79 Å². The quantitative estimate of drug-likeness (QED) is 0.216. The average molecular weight is 441 g/mol. The summed E-state index contributed by atoms with van der Waals surface area (Å²) in [6, 6.07) is 16.1. The summed E-state index contributed by atoms with van der Waals surface area (Å²) in [5.41, 5.74) is 1.46. The first-order chi connectivity index (χ1) is 14.5. The second-order valence-corrected chi connectivity index (χ2v) is 7.19. The summed E-state index contributed by atoms with van der Waals surface area (Å²) >= 11 is 12.0. The van der Waals surface area contributed by atoms with Crippen molar-refractivity contribution in [3.05, 3.63) is 93.5 Å². The SMILES string of the molecule is O=C(/C=C/c1ccc(Cl)cc1Cl)c1ccc(OC(=O)c2ccc3c(c2)OCO3)cc1. The summed E-state index contributed by atoms with van der Waals surface area (Å²) in [6.07, 6.45) is 3.04. The van der Waals surface area contributed by atoms with E-state index in [4.69, 9.17) is 37.4 Å². The molecule has 4 rings (SSSR count). The van der Waals surface area contributed by atoms with Crippen LogP contribution in [0.2, 0.25) is 10.0 Å². The molecule has 150 valence electrons. The van der Waals surface area contributed by atoms with Gasteiger partial charge in [-0.15, -0.1) is 0 Å². The Balaban J connectivity index is 1.41. The highest BCUT2D eigenvalue weighted by Crippen LogP contribution is 2.32. The van der Waals surface area contributed by atoms with Crippen LogP contribution in [-0.2, 0) is 0 Å². The summed E-state index contributed by atoms with van der Waals surface area (Å²) in [5.74, 6) is 0.651. The van der Waals surface area contributed by atoms with E-state index in [1.54, 1.807) is 66.7 Å². The lowest BCUT2D eigenvalue weighted by Crippen LogP contribution is -2.08. The Morgan fingerprint density at radius 2 is 1.60 bits per heavy atom. The number of esters is 1. The van der Waals surface area contributed by atoms with Crippen molar-refractivity contribution >= 4 is 41.0 Å². The van der Waals surface area contributed by atoms with Gasteiger partial charge in [-0.3, -0.25) is 4.79 Å². The minimum atomic E-state index is -0.537. The van der Waals surface area contributed by atoms with Gasteiger partial charge >= 0.3 is 5.97 Å². The maximum atomic E-state index is 12.4. The van der Waals surface area contributed by atoms with Crippen molar-refractivity contribution < 1.29 is 23.8 Å². The van der Waals surface area contributed by atoms with Crippen molar-refractivity contribution in [2.24, 2.45) is 0 Å². The van der Waals surface area contributed by atoms with Gasteiger partial charge in [0.25, 0.3) is 0 Å². The van der Waals surface area contributed by atoms with Crippen LogP contribution in [0.3, 0.4) is 0 Å². The molecule has 5 nitrogen and oxygen atoms in total. The Kier molecular flexibility index (Phi) is 5.74. The Labute approximate surface area is 182 Å². The van der Waals surface area contributed by atoms with E-state index < -0.39 is 5.97 Å². The third-order valence-corrected chi connectivity index (χ3v) is 4.90. The third-order valence-electron chi connectivity index (χ3n) is 4.33. The predicted molar refractivity (Wildman–Crippen MR) is 114 cm³/mol. The monoisotopic (exact) mass is 440 g/mol. The van der Waals surface area contributed by atoms with Gasteiger partial charge in [-0.05, 0) is 72.3 Å². The number of hydrogen-bond donors (Lipinski definition) is 0. The molecule has 0 bridgehead atoms. The Bertz CT molecular complexity index is 1150. The fourth-order valence-corrected chi connectivity index (χ4v) is 3.25. The molecule has 3 aromatic rings.